The molecule has 0 spiro atoms. The van der Waals surface area contributed by atoms with Crippen molar-refractivity contribution in [1.82, 2.24) is 10.2 Å². The number of hydrogen-bond donors (Lipinski definition) is 1. The summed E-state index contributed by atoms with van der Waals surface area (Å²) in [6, 6.07) is 6.29. The third-order valence-corrected chi connectivity index (χ3v) is 6.97. The molecule has 26 heavy (non-hydrogen) atoms. The number of carbonyl (C=O) groups excluding carboxylic acids is 1. The number of nitrogens with one attached hydrogen (secondary N) is 1. The maximum atomic E-state index is 12.7. The highest BCUT2D eigenvalue weighted by Crippen LogP contribution is 2.23. The van der Waals surface area contributed by atoms with Crippen molar-refractivity contribution in [1.29, 1.82) is 0 Å². The zero-order valence-corrected chi connectivity index (χ0v) is 16.7. The molecule has 1 amide bonds. The molecule has 1 aromatic rings. The van der Waals surface area contributed by atoms with E-state index < -0.39 is 15.8 Å². The van der Waals surface area contributed by atoms with Gasteiger partial charge in [-0.3, -0.25) is 4.79 Å². The maximum Gasteiger partial charge on any atom is 0.226 e. The smallest absolute Gasteiger partial charge is 0.226 e. The average Bonchev–Trinajstić information content (AvgIpc) is 2.65. The number of benzene rings is 1. The fourth-order valence-electron chi connectivity index (χ4n) is 3.38. The number of piperidine rings is 1. The Hall–Kier alpha value is -1.60. The van der Waals surface area contributed by atoms with Crippen molar-refractivity contribution >= 4 is 15.7 Å². The van der Waals surface area contributed by atoms with E-state index in [2.05, 4.69) is 5.32 Å². The Morgan fingerprint density at radius 2 is 1.88 bits per heavy atom. The van der Waals surface area contributed by atoms with Crippen LogP contribution in [0.4, 0.5) is 0 Å². The van der Waals surface area contributed by atoms with Crippen molar-refractivity contribution in [2.24, 2.45) is 11.8 Å². The van der Waals surface area contributed by atoms with Crippen LogP contribution in [0.2, 0.25) is 0 Å². The first kappa shape index (κ1) is 20.7. The van der Waals surface area contributed by atoms with Crippen LogP contribution < -0.4 is 10.1 Å². The molecule has 146 valence electrons. The van der Waals surface area contributed by atoms with Crippen LogP contribution in [-0.4, -0.2) is 58.8 Å². The zero-order chi connectivity index (χ0) is 19.2. The molecule has 1 saturated heterocycles. The molecule has 1 fully saturated rings. The van der Waals surface area contributed by atoms with Gasteiger partial charge < -0.3 is 15.0 Å². The van der Waals surface area contributed by atoms with Crippen LogP contribution in [0.15, 0.2) is 29.2 Å². The lowest BCUT2D eigenvalue weighted by molar-refractivity contribution is -0.135. The average molecular weight is 383 g/mol. The molecule has 7 heteroatoms. The molecule has 2 rings (SSSR count). The van der Waals surface area contributed by atoms with E-state index >= 15 is 0 Å². The number of likely N-dealkylation sites (tertiary alicyclic amines) is 1. The third-order valence-electron chi connectivity index (χ3n) is 5.04. The van der Waals surface area contributed by atoms with E-state index in [1.54, 1.807) is 19.1 Å². The lowest BCUT2D eigenvalue weighted by Gasteiger charge is -2.33. The normalized spacial score (nSPS) is 17.1. The summed E-state index contributed by atoms with van der Waals surface area (Å²) in [4.78, 5) is 14.7. The number of ether oxygens (including phenoxy) is 1. The van der Waals surface area contributed by atoms with E-state index in [1.165, 1.54) is 19.2 Å². The molecule has 1 aliphatic rings. The minimum Gasteiger partial charge on any atom is -0.497 e. The quantitative estimate of drug-likeness (QED) is 0.744. The largest absolute Gasteiger partial charge is 0.497 e. The molecule has 6 nitrogen and oxygen atoms in total. The van der Waals surface area contributed by atoms with Gasteiger partial charge in [0.1, 0.15) is 5.75 Å². The molecule has 0 bridgehead atoms. The van der Waals surface area contributed by atoms with E-state index in [1.807, 2.05) is 11.9 Å². The summed E-state index contributed by atoms with van der Waals surface area (Å²) in [5.41, 5.74) is 0. The van der Waals surface area contributed by atoms with Gasteiger partial charge in [-0.15, -0.1) is 0 Å². The van der Waals surface area contributed by atoms with Gasteiger partial charge in [-0.2, -0.15) is 0 Å². The molecule has 0 aliphatic carbocycles. The maximum absolute atomic E-state index is 12.7. The van der Waals surface area contributed by atoms with E-state index in [0.29, 0.717) is 11.7 Å². The molecule has 0 saturated carbocycles. The van der Waals surface area contributed by atoms with Gasteiger partial charge in [-0.25, -0.2) is 8.42 Å². The lowest BCUT2D eigenvalue weighted by atomic mass is 9.93. The number of amides is 1. The Kier molecular flexibility index (Phi) is 7.46. The van der Waals surface area contributed by atoms with Crippen LogP contribution in [0.25, 0.3) is 0 Å². The lowest BCUT2D eigenvalue weighted by Crippen LogP contribution is -2.43. The summed E-state index contributed by atoms with van der Waals surface area (Å²) in [6.45, 7) is 4.14. The number of hydrogen-bond acceptors (Lipinski definition) is 5. The Bertz CT molecular complexity index is 680. The number of nitrogens with zero attached hydrogens (tertiary/aromatic N) is 1. The van der Waals surface area contributed by atoms with Gasteiger partial charge >= 0.3 is 0 Å². The summed E-state index contributed by atoms with van der Waals surface area (Å²) in [7, 11) is -0.0204. The fourth-order valence-corrected chi connectivity index (χ4v) is 4.93. The molecular formula is C19H30N2O4S. The zero-order valence-electron chi connectivity index (χ0n) is 15.9. The van der Waals surface area contributed by atoms with E-state index in [0.717, 1.165) is 38.9 Å². The number of carbonyl (C=O) groups is 1. The molecular weight excluding hydrogens is 352 g/mol. The van der Waals surface area contributed by atoms with E-state index in [-0.39, 0.29) is 16.6 Å². The van der Waals surface area contributed by atoms with Crippen LogP contribution >= 0.6 is 0 Å². The highest BCUT2D eigenvalue weighted by molar-refractivity contribution is 7.91. The monoisotopic (exact) mass is 382 g/mol. The third kappa shape index (κ3) is 5.45. The van der Waals surface area contributed by atoms with Gasteiger partial charge in [-0.1, -0.05) is 6.92 Å². The van der Waals surface area contributed by atoms with Gasteiger partial charge in [0.15, 0.2) is 9.84 Å². The van der Waals surface area contributed by atoms with Crippen molar-refractivity contribution in [3.8, 4) is 5.75 Å². The summed E-state index contributed by atoms with van der Waals surface area (Å²) in [5, 5.41) is 3.16. The van der Waals surface area contributed by atoms with Crippen LogP contribution in [0.3, 0.4) is 0 Å². The fraction of sp³-hybridized carbons (Fsp3) is 0.632. The number of methoxy groups -OCH3 is 1. The summed E-state index contributed by atoms with van der Waals surface area (Å²) in [6.07, 6.45) is 3.11. The second kappa shape index (κ2) is 9.37. The van der Waals surface area contributed by atoms with Gasteiger partial charge in [0.2, 0.25) is 5.91 Å². The Balaban J connectivity index is 1.91. The summed E-state index contributed by atoms with van der Waals surface area (Å²) < 4.78 is 30.2. The predicted octanol–water partition coefficient (Wildman–Crippen LogP) is 1.95. The molecule has 1 atom stereocenters. The molecule has 1 unspecified atom stereocenters. The van der Waals surface area contributed by atoms with Gasteiger partial charge in [0.25, 0.3) is 0 Å². The van der Waals surface area contributed by atoms with Crippen LogP contribution in [-0.2, 0) is 14.6 Å². The van der Waals surface area contributed by atoms with Gasteiger partial charge in [0, 0.05) is 19.0 Å². The highest BCUT2D eigenvalue weighted by Gasteiger charge is 2.29. The van der Waals surface area contributed by atoms with Crippen molar-refractivity contribution in [2.45, 2.75) is 31.1 Å². The Morgan fingerprint density at radius 3 is 2.42 bits per heavy atom. The van der Waals surface area contributed by atoms with Gasteiger partial charge in [-0.05, 0) is 63.0 Å². The topological polar surface area (TPSA) is 75.7 Å². The number of rotatable bonds is 8. The second-order valence-corrected chi connectivity index (χ2v) is 9.05. The first-order valence-electron chi connectivity index (χ1n) is 9.17. The minimum atomic E-state index is -3.50. The molecule has 1 heterocycles. The highest BCUT2D eigenvalue weighted by atomic mass is 32.2. The summed E-state index contributed by atoms with van der Waals surface area (Å²) in [5.74, 6) is 0.474. The van der Waals surface area contributed by atoms with Gasteiger partial charge in [0.05, 0.1) is 17.8 Å². The molecule has 1 aliphatic heterocycles. The molecule has 1 N–H and O–H groups in total. The second-order valence-electron chi connectivity index (χ2n) is 7.02. The molecule has 0 radical (unpaired) electrons. The first-order chi connectivity index (χ1) is 12.4. The van der Waals surface area contributed by atoms with Crippen molar-refractivity contribution in [3.63, 3.8) is 0 Å². The van der Waals surface area contributed by atoms with Crippen LogP contribution in [0.5, 0.6) is 5.75 Å². The summed E-state index contributed by atoms with van der Waals surface area (Å²) >= 11 is 0. The SMILES string of the molecule is CNCCC1CCN(C(=O)C(C)CS(=O)(=O)c2ccc(OC)cc2)CC1. The minimum absolute atomic E-state index is 0.0610. The van der Waals surface area contributed by atoms with E-state index in [9.17, 15) is 13.2 Å². The predicted molar refractivity (Wildman–Crippen MR) is 102 cm³/mol. The van der Waals surface area contributed by atoms with Crippen LogP contribution in [0, 0.1) is 11.8 Å². The molecule has 0 aromatic heterocycles. The van der Waals surface area contributed by atoms with Crippen LogP contribution in [0.1, 0.15) is 26.2 Å². The van der Waals surface area contributed by atoms with Crippen molar-refractivity contribution in [2.75, 3.05) is 39.5 Å². The Labute approximate surface area is 156 Å². The number of sulfone groups is 1. The Morgan fingerprint density at radius 1 is 1.27 bits per heavy atom. The molecule has 1 aromatic carbocycles. The first-order valence-corrected chi connectivity index (χ1v) is 10.8. The standard InChI is InChI=1S/C19H30N2O4S/c1-15(14-26(23,24)18-6-4-17(25-3)5-7-18)19(22)21-12-9-16(10-13-21)8-11-20-2/h4-7,15-16,20H,8-14H2,1-3H3. The van der Waals surface area contributed by atoms with Crippen molar-refractivity contribution in [3.05, 3.63) is 24.3 Å². The van der Waals surface area contributed by atoms with E-state index in [4.69, 9.17) is 4.74 Å². The van der Waals surface area contributed by atoms with Crippen molar-refractivity contribution < 1.29 is 17.9 Å².